The lowest BCUT2D eigenvalue weighted by atomic mass is 10.2. The van der Waals surface area contributed by atoms with Crippen molar-refractivity contribution in [3.05, 3.63) is 42.5 Å². The van der Waals surface area contributed by atoms with Crippen molar-refractivity contribution in [2.75, 3.05) is 90.3 Å². The van der Waals surface area contributed by atoms with Crippen LogP contribution < -0.4 is 9.64 Å². The average molecular weight is 538 g/mol. The lowest BCUT2D eigenvalue weighted by Crippen LogP contribution is -2.31. The van der Waals surface area contributed by atoms with Gasteiger partial charge in [-0.3, -0.25) is 0 Å². The van der Waals surface area contributed by atoms with Gasteiger partial charge in [0.1, 0.15) is 11.4 Å². The standard InChI is InChI=1S/C25H35N3O8S/c1-32-25-20-22(28-8-11-33-13-15-35-17-18-36-16-14-34-12-9-28)4-7-24(25)27-26-21-2-5-23(6-3-21)37(30,31)19-10-29/h2-7,20,29H,8-19H2,1H3. The van der Waals surface area contributed by atoms with Crippen LogP contribution in [0.15, 0.2) is 57.6 Å². The molecule has 0 spiro atoms. The summed E-state index contributed by atoms with van der Waals surface area (Å²) >= 11 is 0. The van der Waals surface area contributed by atoms with Crippen molar-refractivity contribution >= 4 is 26.9 Å². The van der Waals surface area contributed by atoms with Gasteiger partial charge >= 0.3 is 0 Å². The maximum Gasteiger partial charge on any atom is 0.180 e. The van der Waals surface area contributed by atoms with Crippen LogP contribution in [0, 0.1) is 0 Å². The van der Waals surface area contributed by atoms with E-state index in [-0.39, 0.29) is 10.6 Å². The first-order valence-electron chi connectivity index (χ1n) is 12.1. The van der Waals surface area contributed by atoms with E-state index >= 15 is 0 Å². The van der Waals surface area contributed by atoms with Crippen LogP contribution in [0.2, 0.25) is 0 Å². The summed E-state index contributed by atoms with van der Waals surface area (Å²) in [4.78, 5) is 2.28. The van der Waals surface area contributed by atoms with Gasteiger partial charge in [-0.05, 0) is 36.4 Å². The Morgan fingerprint density at radius 2 is 1.41 bits per heavy atom. The summed E-state index contributed by atoms with van der Waals surface area (Å²) in [5.41, 5.74) is 1.95. The highest BCUT2D eigenvalue weighted by Gasteiger charge is 2.14. The summed E-state index contributed by atoms with van der Waals surface area (Å²) in [5, 5.41) is 17.4. The summed E-state index contributed by atoms with van der Waals surface area (Å²) in [7, 11) is -1.95. The van der Waals surface area contributed by atoms with Crippen LogP contribution in [-0.2, 0) is 28.8 Å². The molecule has 2 aromatic carbocycles. The molecule has 0 aliphatic carbocycles. The lowest BCUT2D eigenvalue weighted by Gasteiger charge is -2.25. The Kier molecular flexibility index (Phi) is 12.2. The fourth-order valence-electron chi connectivity index (χ4n) is 3.50. The molecule has 204 valence electrons. The number of azo groups is 1. The largest absolute Gasteiger partial charge is 0.494 e. The van der Waals surface area contributed by atoms with E-state index in [9.17, 15) is 8.42 Å². The van der Waals surface area contributed by atoms with Gasteiger partial charge in [0.05, 0.1) is 82.9 Å². The van der Waals surface area contributed by atoms with Crippen LogP contribution in [0.5, 0.6) is 5.75 Å². The Hall–Kier alpha value is -2.61. The lowest BCUT2D eigenvalue weighted by molar-refractivity contribution is 0.00206. The van der Waals surface area contributed by atoms with Gasteiger partial charge in [-0.15, -0.1) is 5.11 Å². The van der Waals surface area contributed by atoms with E-state index in [1.807, 2.05) is 18.2 Å². The van der Waals surface area contributed by atoms with Gasteiger partial charge in [-0.25, -0.2) is 8.42 Å². The molecule has 12 heteroatoms. The molecule has 3 rings (SSSR count). The molecule has 0 saturated carbocycles. The molecular weight excluding hydrogens is 502 g/mol. The van der Waals surface area contributed by atoms with Gasteiger partial charge in [0.2, 0.25) is 0 Å². The zero-order valence-electron chi connectivity index (χ0n) is 21.1. The molecule has 0 unspecified atom stereocenters. The van der Waals surface area contributed by atoms with Crippen molar-refractivity contribution in [2.45, 2.75) is 4.90 Å². The minimum absolute atomic E-state index is 0.128. The number of nitrogens with zero attached hydrogens (tertiary/aromatic N) is 3. The van der Waals surface area contributed by atoms with Gasteiger partial charge in [-0.2, -0.15) is 5.11 Å². The number of ether oxygens (including phenoxy) is 5. The fraction of sp³-hybridized carbons (Fsp3) is 0.520. The van der Waals surface area contributed by atoms with Crippen molar-refractivity contribution in [3.8, 4) is 5.75 Å². The first kappa shape index (κ1) is 29.0. The normalized spacial score (nSPS) is 17.3. The van der Waals surface area contributed by atoms with Crippen molar-refractivity contribution in [2.24, 2.45) is 10.2 Å². The zero-order valence-corrected chi connectivity index (χ0v) is 21.9. The number of aliphatic hydroxyl groups excluding tert-OH is 1. The van der Waals surface area contributed by atoms with Crippen LogP contribution in [0.25, 0.3) is 0 Å². The number of benzene rings is 2. The average Bonchev–Trinajstić information content (AvgIpc) is 2.91. The van der Waals surface area contributed by atoms with Gasteiger partial charge in [-0.1, -0.05) is 0 Å². The first-order chi connectivity index (χ1) is 18.0. The Labute approximate surface area is 217 Å². The molecule has 1 saturated heterocycles. The molecule has 1 aliphatic rings. The molecular formula is C25H35N3O8S. The van der Waals surface area contributed by atoms with Crippen LogP contribution >= 0.6 is 0 Å². The maximum atomic E-state index is 12.1. The van der Waals surface area contributed by atoms with Crippen LogP contribution in [-0.4, -0.2) is 98.9 Å². The van der Waals surface area contributed by atoms with E-state index < -0.39 is 16.4 Å². The van der Waals surface area contributed by atoms with Crippen molar-refractivity contribution in [1.82, 2.24) is 0 Å². The number of hydrogen-bond acceptors (Lipinski definition) is 11. The predicted octanol–water partition coefficient (Wildman–Crippen LogP) is 2.76. The summed E-state index contributed by atoms with van der Waals surface area (Å²) in [6.07, 6.45) is 0. The topological polar surface area (TPSA) is 128 Å². The molecule has 1 aliphatic heterocycles. The van der Waals surface area contributed by atoms with E-state index in [0.29, 0.717) is 83.1 Å². The minimum Gasteiger partial charge on any atom is -0.494 e. The summed E-state index contributed by atoms with van der Waals surface area (Å²) in [5.74, 6) is 0.220. The van der Waals surface area contributed by atoms with Gasteiger partial charge in [0.25, 0.3) is 0 Å². The fourth-order valence-corrected chi connectivity index (χ4v) is 4.52. The van der Waals surface area contributed by atoms with Gasteiger partial charge in [0.15, 0.2) is 9.84 Å². The van der Waals surface area contributed by atoms with Gasteiger partial charge < -0.3 is 33.7 Å². The summed E-state index contributed by atoms with van der Waals surface area (Å²) in [6.45, 7) is 5.12. The number of methoxy groups -OCH3 is 1. The molecule has 0 amide bonds. The highest BCUT2D eigenvalue weighted by molar-refractivity contribution is 7.91. The van der Waals surface area contributed by atoms with Gasteiger partial charge in [0, 0.05) is 24.8 Å². The molecule has 1 fully saturated rings. The van der Waals surface area contributed by atoms with Crippen molar-refractivity contribution in [3.63, 3.8) is 0 Å². The molecule has 0 aromatic heterocycles. The maximum absolute atomic E-state index is 12.1. The third-order valence-electron chi connectivity index (χ3n) is 5.48. The van der Waals surface area contributed by atoms with E-state index in [2.05, 4.69) is 15.1 Å². The second-order valence-corrected chi connectivity index (χ2v) is 10.1. The number of anilines is 1. The van der Waals surface area contributed by atoms with E-state index in [4.69, 9.17) is 28.8 Å². The number of sulfone groups is 1. The molecule has 0 bridgehead atoms. The third-order valence-corrected chi connectivity index (χ3v) is 7.20. The van der Waals surface area contributed by atoms with Crippen molar-refractivity contribution < 1.29 is 37.2 Å². The smallest absolute Gasteiger partial charge is 0.180 e. The Morgan fingerprint density at radius 3 is 1.95 bits per heavy atom. The molecule has 2 aromatic rings. The molecule has 1 N–H and O–H groups in total. The molecule has 1 heterocycles. The van der Waals surface area contributed by atoms with E-state index in [0.717, 1.165) is 5.69 Å². The Morgan fingerprint density at radius 1 is 0.838 bits per heavy atom. The van der Waals surface area contributed by atoms with E-state index in [1.54, 1.807) is 19.2 Å². The molecule has 0 atom stereocenters. The number of rotatable bonds is 7. The molecule has 0 radical (unpaired) electrons. The van der Waals surface area contributed by atoms with Crippen LogP contribution in [0.3, 0.4) is 0 Å². The third kappa shape index (κ3) is 9.65. The Bertz CT molecular complexity index is 1060. The van der Waals surface area contributed by atoms with Crippen LogP contribution in [0.4, 0.5) is 17.1 Å². The first-order valence-corrected chi connectivity index (χ1v) is 13.8. The predicted molar refractivity (Wildman–Crippen MR) is 138 cm³/mol. The highest BCUT2D eigenvalue weighted by Crippen LogP contribution is 2.33. The summed E-state index contributed by atoms with van der Waals surface area (Å²) < 4.78 is 52.0. The quantitative estimate of drug-likeness (QED) is 0.530. The number of hydrogen-bond donors (Lipinski definition) is 1. The van der Waals surface area contributed by atoms with Crippen molar-refractivity contribution in [1.29, 1.82) is 0 Å². The monoisotopic (exact) mass is 537 g/mol. The molecule has 37 heavy (non-hydrogen) atoms. The number of aliphatic hydroxyl groups is 1. The van der Waals surface area contributed by atoms with Crippen LogP contribution in [0.1, 0.15) is 0 Å². The molecule has 11 nitrogen and oxygen atoms in total. The second-order valence-electron chi connectivity index (χ2n) is 8.03. The minimum atomic E-state index is -3.52. The Balaban J connectivity index is 1.69. The SMILES string of the molecule is COc1cc(N2CCOCCOCCOCCOCC2)ccc1N=Nc1ccc(S(=O)(=O)CCO)cc1. The highest BCUT2D eigenvalue weighted by atomic mass is 32.2. The second kappa shape index (κ2) is 15.6. The summed E-state index contributed by atoms with van der Waals surface area (Å²) in [6, 6.07) is 11.7. The zero-order chi connectivity index (χ0) is 26.3. The van der Waals surface area contributed by atoms with E-state index in [1.165, 1.54) is 12.1 Å².